The lowest BCUT2D eigenvalue weighted by atomic mass is 9.99. The summed E-state index contributed by atoms with van der Waals surface area (Å²) in [5, 5.41) is 4.88. The molecule has 0 aliphatic heterocycles. The largest absolute Gasteiger partial charge is 0.384 e. The van der Waals surface area contributed by atoms with Crippen LogP contribution in [0.15, 0.2) is 42.7 Å². The molecule has 2 heterocycles. The summed E-state index contributed by atoms with van der Waals surface area (Å²) in [5.41, 5.74) is 9.04. The van der Waals surface area contributed by atoms with Gasteiger partial charge in [-0.1, -0.05) is 19.1 Å². The van der Waals surface area contributed by atoms with Crippen LogP contribution in [0.25, 0.3) is 21.9 Å². The summed E-state index contributed by atoms with van der Waals surface area (Å²) in [7, 11) is 0. The first-order valence-electron chi connectivity index (χ1n) is 9.06. The first-order valence-corrected chi connectivity index (χ1v) is 9.06. The van der Waals surface area contributed by atoms with Crippen molar-refractivity contribution in [2.75, 3.05) is 25.5 Å². The van der Waals surface area contributed by atoms with Gasteiger partial charge in [0.25, 0.3) is 5.91 Å². The van der Waals surface area contributed by atoms with Crippen LogP contribution in [0, 0.1) is 6.92 Å². The van der Waals surface area contributed by atoms with Crippen LogP contribution in [0.1, 0.15) is 29.4 Å². The Morgan fingerprint density at radius 1 is 1.11 bits per heavy atom. The number of anilines is 1. The maximum absolute atomic E-state index is 12.4. The van der Waals surface area contributed by atoms with Crippen molar-refractivity contribution in [1.82, 2.24) is 15.3 Å². The van der Waals surface area contributed by atoms with E-state index < -0.39 is 0 Å². The molecule has 0 aliphatic rings. The minimum Gasteiger partial charge on any atom is -0.384 e. The Balaban J connectivity index is 1.81. The highest BCUT2D eigenvalue weighted by Gasteiger charge is 2.11. The van der Waals surface area contributed by atoms with Gasteiger partial charge in [-0.05, 0) is 42.5 Å². The monoisotopic (exact) mass is 364 g/mol. The molecular formula is C21H24N4O2. The summed E-state index contributed by atoms with van der Waals surface area (Å²) in [6.07, 6.45) is 4.32. The Labute approximate surface area is 158 Å². The van der Waals surface area contributed by atoms with E-state index in [-0.39, 0.29) is 5.91 Å². The minimum absolute atomic E-state index is 0.154. The number of aromatic nitrogens is 2. The molecule has 2 aromatic heterocycles. The van der Waals surface area contributed by atoms with Gasteiger partial charge < -0.3 is 15.8 Å². The first-order chi connectivity index (χ1) is 13.1. The molecule has 0 aliphatic carbocycles. The van der Waals surface area contributed by atoms with Gasteiger partial charge in [-0.2, -0.15) is 0 Å². The quantitative estimate of drug-likeness (QED) is 0.628. The van der Waals surface area contributed by atoms with E-state index >= 15 is 0 Å². The number of nitrogen functional groups attached to an aromatic ring is 1. The molecule has 0 atom stereocenters. The van der Waals surface area contributed by atoms with Crippen LogP contribution in [-0.2, 0) is 4.74 Å². The predicted molar refractivity (Wildman–Crippen MR) is 108 cm³/mol. The summed E-state index contributed by atoms with van der Waals surface area (Å²) < 4.78 is 5.39. The second-order valence-electron chi connectivity index (χ2n) is 6.40. The molecule has 27 heavy (non-hydrogen) atoms. The number of benzene rings is 1. The number of hydrogen-bond donors (Lipinski definition) is 2. The third kappa shape index (κ3) is 4.60. The van der Waals surface area contributed by atoms with Crippen molar-refractivity contribution in [1.29, 1.82) is 0 Å². The first kappa shape index (κ1) is 18.8. The smallest absolute Gasteiger partial charge is 0.252 e. The number of carbonyl (C=O) groups excluding carboxylic acids is 1. The summed E-state index contributed by atoms with van der Waals surface area (Å²) in [5.74, 6) is 0.341. The normalized spacial score (nSPS) is 10.9. The Kier molecular flexibility index (Phi) is 5.98. The fraction of sp³-hybridized carbons (Fsp3) is 0.286. The molecule has 1 aromatic carbocycles. The third-order valence-corrected chi connectivity index (χ3v) is 4.28. The van der Waals surface area contributed by atoms with Crippen molar-refractivity contribution in [3.05, 3.63) is 54.0 Å². The van der Waals surface area contributed by atoms with Gasteiger partial charge in [0.15, 0.2) is 0 Å². The van der Waals surface area contributed by atoms with Gasteiger partial charge in [-0.15, -0.1) is 0 Å². The van der Waals surface area contributed by atoms with Gasteiger partial charge in [0.1, 0.15) is 5.82 Å². The average Bonchev–Trinajstić information content (AvgIpc) is 2.67. The molecule has 6 heteroatoms. The highest BCUT2D eigenvalue weighted by atomic mass is 16.5. The lowest BCUT2D eigenvalue weighted by Crippen LogP contribution is -2.27. The van der Waals surface area contributed by atoms with Gasteiger partial charge in [-0.25, -0.2) is 4.98 Å². The fourth-order valence-electron chi connectivity index (χ4n) is 2.86. The van der Waals surface area contributed by atoms with Crippen LogP contribution in [0.3, 0.4) is 0 Å². The second kappa shape index (κ2) is 8.60. The Morgan fingerprint density at radius 2 is 1.96 bits per heavy atom. The summed E-state index contributed by atoms with van der Waals surface area (Å²) in [6.45, 7) is 5.67. The Morgan fingerprint density at radius 3 is 2.78 bits per heavy atom. The van der Waals surface area contributed by atoms with Crippen molar-refractivity contribution in [2.45, 2.75) is 20.3 Å². The van der Waals surface area contributed by atoms with E-state index in [0.29, 0.717) is 31.1 Å². The molecule has 140 valence electrons. The van der Waals surface area contributed by atoms with E-state index in [4.69, 9.17) is 10.5 Å². The lowest BCUT2D eigenvalue weighted by molar-refractivity contribution is 0.0915. The Bertz CT molecular complexity index is 956. The predicted octanol–water partition coefficient (Wildman–Crippen LogP) is 3.34. The summed E-state index contributed by atoms with van der Waals surface area (Å²) in [6, 6.07) is 9.75. The van der Waals surface area contributed by atoms with Crippen LogP contribution < -0.4 is 11.1 Å². The summed E-state index contributed by atoms with van der Waals surface area (Å²) >= 11 is 0. The van der Waals surface area contributed by atoms with Gasteiger partial charge in [0.2, 0.25) is 0 Å². The molecule has 0 unspecified atom stereocenters. The number of fused-ring (bicyclic) bond motifs is 1. The number of pyridine rings is 2. The summed E-state index contributed by atoms with van der Waals surface area (Å²) in [4.78, 5) is 20.9. The number of carbonyl (C=O) groups is 1. The number of nitrogens with zero attached hydrogens (tertiary/aromatic N) is 2. The van der Waals surface area contributed by atoms with E-state index in [2.05, 4.69) is 22.2 Å². The average molecular weight is 364 g/mol. The van der Waals surface area contributed by atoms with Gasteiger partial charge in [0, 0.05) is 42.2 Å². The van der Waals surface area contributed by atoms with E-state index in [1.54, 1.807) is 12.4 Å². The maximum atomic E-state index is 12.4. The molecule has 0 bridgehead atoms. The lowest BCUT2D eigenvalue weighted by Gasteiger charge is -2.10. The van der Waals surface area contributed by atoms with Gasteiger partial charge >= 0.3 is 0 Å². The van der Waals surface area contributed by atoms with Crippen LogP contribution in [-0.4, -0.2) is 35.6 Å². The van der Waals surface area contributed by atoms with Crippen molar-refractivity contribution >= 4 is 22.5 Å². The molecule has 3 rings (SSSR count). The fourth-order valence-corrected chi connectivity index (χ4v) is 2.86. The van der Waals surface area contributed by atoms with Crippen LogP contribution >= 0.6 is 0 Å². The third-order valence-electron chi connectivity index (χ3n) is 4.28. The molecule has 6 nitrogen and oxygen atoms in total. The number of rotatable bonds is 7. The van der Waals surface area contributed by atoms with Gasteiger partial charge in [-0.3, -0.25) is 9.78 Å². The molecule has 0 saturated heterocycles. The molecule has 3 aromatic rings. The number of hydrogen-bond acceptors (Lipinski definition) is 5. The van der Waals surface area contributed by atoms with E-state index in [1.165, 1.54) is 0 Å². The van der Waals surface area contributed by atoms with Crippen molar-refractivity contribution < 1.29 is 9.53 Å². The molecule has 0 fully saturated rings. The zero-order valence-corrected chi connectivity index (χ0v) is 15.7. The molecule has 3 N–H and O–H groups in total. The van der Waals surface area contributed by atoms with Crippen molar-refractivity contribution in [2.24, 2.45) is 0 Å². The number of aryl methyl sites for hydroxylation is 1. The molecule has 1 amide bonds. The number of nitrogens with one attached hydrogen (secondary N) is 1. The molecular weight excluding hydrogens is 340 g/mol. The van der Waals surface area contributed by atoms with Crippen LogP contribution in [0.5, 0.6) is 0 Å². The van der Waals surface area contributed by atoms with E-state index in [0.717, 1.165) is 34.0 Å². The van der Waals surface area contributed by atoms with Crippen LogP contribution in [0.4, 0.5) is 5.82 Å². The SMILES string of the molecule is CCCOCCNC(=O)c1cnc(C)c(-c2ccc3cc(N)ncc3c2)c1. The highest BCUT2D eigenvalue weighted by molar-refractivity contribution is 5.96. The minimum atomic E-state index is -0.154. The molecule has 0 radical (unpaired) electrons. The Hall–Kier alpha value is -2.99. The zero-order valence-electron chi connectivity index (χ0n) is 15.7. The van der Waals surface area contributed by atoms with Gasteiger partial charge in [0.05, 0.1) is 12.2 Å². The maximum Gasteiger partial charge on any atom is 0.252 e. The molecule has 0 spiro atoms. The molecule has 0 saturated carbocycles. The highest BCUT2D eigenvalue weighted by Crippen LogP contribution is 2.27. The zero-order chi connectivity index (χ0) is 19.2. The van der Waals surface area contributed by atoms with E-state index in [1.807, 2.05) is 37.3 Å². The van der Waals surface area contributed by atoms with Crippen molar-refractivity contribution in [3.63, 3.8) is 0 Å². The number of amides is 1. The van der Waals surface area contributed by atoms with Crippen LogP contribution in [0.2, 0.25) is 0 Å². The number of nitrogens with two attached hydrogens (primary N) is 1. The standard InChI is InChI=1S/C21H24N4O2/c1-3-7-27-8-6-23-21(26)18-10-19(14(2)24-13-18)16-5-4-15-11-20(22)25-12-17(15)9-16/h4-5,9-13H,3,6-8H2,1-2H3,(H2,22,25)(H,23,26). The second-order valence-corrected chi connectivity index (χ2v) is 6.40. The number of ether oxygens (including phenoxy) is 1. The van der Waals surface area contributed by atoms with E-state index in [9.17, 15) is 4.79 Å². The topological polar surface area (TPSA) is 90.1 Å². The van der Waals surface area contributed by atoms with Crippen molar-refractivity contribution in [3.8, 4) is 11.1 Å².